The van der Waals surface area contributed by atoms with Crippen molar-refractivity contribution in [2.24, 2.45) is 0 Å². The number of para-hydroxylation sites is 1. The zero-order valence-electron chi connectivity index (χ0n) is 11.2. The van der Waals surface area contributed by atoms with E-state index in [0.29, 0.717) is 11.8 Å². The summed E-state index contributed by atoms with van der Waals surface area (Å²) in [4.78, 5) is 0.268. The van der Waals surface area contributed by atoms with Crippen LogP contribution in [-0.4, -0.2) is 20.3 Å². The molecule has 0 radical (unpaired) electrons. The van der Waals surface area contributed by atoms with Crippen LogP contribution in [0.3, 0.4) is 0 Å². The minimum atomic E-state index is -4.32. The maximum absolute atomic E-state index is 12.3. The van der Waals surface area contributed by atoms with Crippen LogP contribution in [-0.2, 0) is 10.0 Å². The lowest BCUT2D eigenvalue weighted by atomic mass is 10.3. The minimum absolute atomic E-state index is 0.0469. The lowest BCUT2D eigenvalue weighted by Gasteiger charge is -2.13. The Morgan fingerprint density at radius 2 is 1.55 bits per heavy atom. The molecule has 0 fully saturated rings. The molecule has 2 rings (SSSR count). The van der Waals surface area contributed by atoms with Gasteiger partial charge in [0, 0.05) is 4.90 Å². The lowest BCUT2D eigenvalue weighted by molar-refractivity contribution is -0.105. The SMILES string of the molecule is O=S(=O)(Nc1ccccc1SCC(F)(F)F)c1ccccc1. The summed E-state index contributed by atoms with van der Waals surface area (Å²) in [5, 5.41) is 0. The van der Waals surface area contributed by atoms with Gasteiger partial charge in [0.25, 0.3) is 10.0 Å². The van der Waals surface area contributed by atoms with Crippen LogP contribution < -0.4 is 4.72 Å². The van der Waals surface area contributed by atoms with Crippen LogP contribution >= 0.6 is 11.8 Å². The van der Waals surface area contributed by atoms with Gasteiger partial charge in [-0.3, -0.25) is 4.72 Å². The van der Waals surface area contributed by atoms with E-state index in [1.807, 2.05) is 0 Å². The second-order valence-corrected chi connectivity index (χ2v) is 7.02. The Hall–Kier alpha value is -1.67. The standard InChI is InChI=1S/C14H12F3NO2S2/c15-14(16,17)10-21-13-9-5-4-8-12(13)18-22(19,20)11-6-2-1-3-7-11/h1-9,18H,10H2. The van der Waals surface area contributed by atoms with Crippen molar-refractivity contribution in [2.45, 2.75) is 16.0 Å². The van der Waals surface area contributed by atoms with Crippen LogP contribution in [0, 0.1) is 0 Å². The maximum atomic E-state index is 12.3. The third-order valence-electron chi connectivity index (χ3n) is 2.58. The summed E-state index contributed by atoms with van der Waals surface area (Å²) in [6, 6.07) is 13.6. The second kappa shape index (κ2) is 6.62. The van der Waals surface area contributed by atoms with E-state index in [1.54, 1.807) is 30.3 Å². The molecule has 0 spiro atoms. The molecule has 0 saturated heterocycles. The molecular formula is C14H12F3NO2S2. The number of nitrogens with one attached hydrogen (secondary N) is 1. The number of hydrogen-bond donors (Lipinski definition) is 1. The number of alkyl halides is 3. The van der Waals surface area contributed by atoms with E-state index in [1.165, 1.54) is 24.3 Å². The molecule has 0 unspecified atom stereocenters. The van der Waals surface area contributed by atoms with E-state index in [-0.39, 0.29) is 15.5 Å². The largest absolute Gasteiger partial charge is 0.398 e. The Morgan fingerprint density at radius 1 is 0.955 bits per heavy atom. The van der Waals surface area contributed by atoms with Crippen molar-refractivity contribution in [3.05, 3.63) is 54.6 Å². The highest BCUT2D eigenvalue weighted by atomic mass is 32.2. The van der Waals surface area contributed by atoms with E-state index < -0.39 is 22.0 Å². The third kappa shape index (κ3) is 4.67. The summed E-state index contributed by atoms with van der Waals surface area (Å²) in [5.74, 6) is -1.09. The maximum Gasteiger partial charge on any atom is 0.398 e. The molecule has 1 N–H and O–H groups in total. The van der Waals surface area contributed by atoms with Gasteiger partial charge in [-0.05, 0) is 24.3 Å². The summed E-state index contributed by atoms with van der Waals surface area (Å²) in [6.07, 6.45) is -4.32. The van der Waals surface area contributed by atoms with Crippen LogP contribution in [0.15, 0.2) is 64.4 Å². The number of thioether (sulfide) groups is 1. The Kier molecular flexibility index (Phi) is 5.02. The van der Waals surface area contributed by atoms with Crippen LogP contribution in [0.4, 0.5) is 18.9 Å². The highest BCUT2D eigenvalue weighted by Crippen LogP contribution is 2.33. The van der Waals surface area contributed by atoms with Gasteiger partial charge >= 0.3 is 6.18 Å². The van der Waals surface area contributed by atoms with Gasteiger partial charge in [0.2, 0.25) is 0 Å². The van der Waals surface area contributed by atoms with E-state index in [9.17, 15) is 21.6 Å². The molecule has 2 aromatic rings. The van der Waals surface area contributed by atoms with Crippen molar-refractivity contribution in [1.29, 1.82) is 0 Å². The smallest absolute Gasteiger partial charge is 0.278 e. The molecule has 22 heavy (non-hydrogen) atoms. The quantitative estimate of drug-likeness (QED) is 0.827. The molecule has 0 heterocycles. The fourth-order valence-electron chi connectivity index (χ4n) is 1.64. The molecule has 0 aliphatic heterocycles. The molecule has 0 bridgehead atoms. The molecule has 0 atom stereocenters. The first-order chi connectivity index (χ1) is 10.3. The first kappa shape index (κ1) is 16.7. The monoisotopic (exact) mass is 347 g/mol. The number of hydrogen-bond acceptors (Lipinski definition) is 3. The van der Waals surface area contributed by atoms with Gasteiger partial charge in [0.15, 0.2) is 0 Å². The Balaban J connectivity index is 2.23. The van der Waals surface area contributed by atoms with Crippen molar-refractivity contribution in [3.8, 4) is 0 Å². The van der Waals surface area contributed by atoms with Crippen molar-refractivity contribution in [1.82, 2.24) is 0 Å². The van der Waals surface area contributed by atoms with Gasteiger partial charge in [-0.1, -0.05) is 30.3 Å². The topological polar surface area (TPSA) is 46.2 Å². The van der Waals surface area contributed by atoms with Gasteiger partial charge < -0.3 is 0 Å². The second-order valence-electron chi connectivity index (χ2n) is 4.32. The Labute approximate surface area is 130 Å². The first-order valence-electron chi connectivity index (χ1n) is 6.14. The Morgan fingerprint density at radius 3 is 2.18 bits per heavy atom. The summed E-state index contributed by atoms with van der Waals surface area (Å²) in [7, 11) is -3.83. The average Bonchev–Trinajstić information content (AvgIpc) is 2.46. The molecule has 0 amide bonds. The zero-order valence-corrected chi connectivity index (χ0v) is 12.8. The van der Waals surface area contributed by atoms with Gasteiger partial charge in [0.05, 0.1) is 16.3 Å². The van der Waals surface area contributed by atoms with Gasteiger partial charge in [-0.2, -0.15) is 13.2 Å². The molecule has 0 aliphatic rings. The summed E-state index contributed by atoms with van der Waals surface area (Å²) in [6.45, 7) is 0. The molecule has 0 aliphatic carbocycles. The summed E-state index contributed by atoms with van der Waals surface area (Å²) in [5.41, 5.74) is 0.126. The van der Waals surface area contributed by atoms with Crippen LogP contribution in [0.25, 0.3) is 0 Å². The summed E-state index contributed by atoms with van der Waals surface area (Å²) < 4.78 is 63.7. The van der Waals surface area contributed by atoms with Crippen molar-refractivity contribution in [3.63, 3.8) is 0 Å². The van der Waals surface area contributed by atoms with Crippen molar-refractivity contribution < 1.29 is 21.6 Å². The fourth-order valence-corrected chi connectivity index (χ4v) is 3.57. The first-order valence-corrected chi connectivity index (χ1v) is 8.61. The van der Waals surface area contributed by atoms with Gasteiger partial charge in [0.1, 0.15) is 0 Å². The van der Waals surface area contributed by atoms with Crippen LogP contribution in [0.2, 0.25) is 0 Å². The number of anilines is 1. The third-order valence-corrected chi connectivity index (χ3v) is 5.10. The molecule has 2 aromatic carbocycles. The number of halogens is 3. The van der Waals surface area contributed by atoms with E-state index in [2.05, 4.69) is 4.72 Å². The van der Waals surface area contributed by atoms with Crippen LogP contribution in [0.1, 0.15) is 0 Å². The highest BCUT2D eigenvalue weighted by molar-refractivity contribution is 7.99. The zero-order chi connectivity index (χ0) is 16.2. The normalized spacial score (nSPS) is 12.1. The van der Waals surface area contributed by atoms with E-state index in [0.717, 1.165) is 0 Å². The lowest BCUT2D eigenvalue weighted by Crippen LogP contribution is -2.14. The Bertz CT molecular complexity index is 731. The molecule has 0 aromatic heterocycles. The van der Waals surface area contributed by atoms with Gasteiger partial charge in [-0.15, -0.1) is 11.8 Å². The van der Waals surface area contributed by atoms with E-state index >= 15 is 0 Å². The van der Waals surface area contributed by atoms with Gasteiger partial charge in [-0.25, -0.2) is 8.42 Å². The average molecular weight is 347 g/mol. The molecule has 118 valence electrons. The molecule has 8 heteroatoms. The predicted molar refractivity (Wildman–Crippen MR) is 80.5 cm³/mol. The predicted octanol–water partition coefficient (Wildman–Crippen LogP) is 4.14. The van der Waals surface area contributed by atoms with Crippen molar-refractivity contribution in [2.75, 3.05) is 10.5 Å². The highest BCUT2D eigenvalue weighted by Gasteiger charge is 2.28. The number of sulfonamides is 1. The van der Waals surface area contributed by atoms with E-state index in [4.69, 9.17) is 0 Å². The van der Waals surface area contributed by atoms with Crippen molar-refractivity contribution >= 4 is 27.5 Å². The molecular weight excluding hydrogens is 335 g/mol. The molecule has 0 saturated carbocycles. The summed E-state index contributed by atoms with van der Waals surface area (Å²) >= 11 is 0.538. The number of benzene rings is 2. The molecule has 3 nitrogen and oxygen atoms in total. The fraction of sp³-hybridized carbons (Fsp3) is 0.143. The number of rotatable bonds is 5. The van der Waals surface area contributed by atoms with Crippen LogP contribution in [0.5, 0.6) is 0 Å². The minimum Gasteiger partial charge on any atom is -0.278 e.